The van der Waals surface area contributed by atoms with Crippen molar-refractivity contribution in [3.8, 4) is 0 Å². The molecule has 2 nitrogen and oxygen atoms in total. The van der Waals surface area contributed by atoms with Crippen LogP contribution in [0.5, 0.6) is 0 Å². The van der Waals surface area contributed by atoms with E-state index in [0.717, 1.165) is 12.8 Å². The number of rotatable bonds is 3. The van der Waals surface area contributed by atoms with Crippen molar-refractivity contribution in [2.75, 3.05) is 6.61 Å². The highest BCUT2D eigenvalue weighted by Gasteiger charge is 2.39. The summed E-state index contributed by atoms with van der Waals surface area (Å²) in [5.74, 6) is 0.690. The first-order valence-corrected chi connectivity index (χ1v) is 5.43. The van der Waals surface area contributed by atoms with Crippen molar-refractivity contribution in [1.82, 2.24) is 0 Å². The van der Waals surface area contributed by atoms with Crippen LogP contribution in [0.2, 0.25) is 0 Å². The molecule has 1 aliphatic carbocycles. The Bertz CT molecular complexity index is 152. The lowest BCUT2D eigenvalue weighted by molar-refractivity contribution is -0.141. The van der Waals surface area contributed by atoms with Gasteiger partial charge in [-0.3, -0.25) is 0 Å². The van der Waals surface area contributed by atoms with Crippen LogP contribution in [-0.4, -0.2) is 23.4 Å². The van der Waals surface area contributed by atoms with Crippen LogP contribution >= 0.6 is 0 Å². The predicted molar refractivity (Wildman–Crippen MR) is 53.7 cm³/mol. The molecule has 3 unspecified atom stereocenters. The molecule has 0 aliphatic heterocycles. The van der Waals surface area contributed by atoms with E-state index in [9.17, 15) is 5.11 Å². The second-order valence-corrected chi connectivity index (χ2v) is 4.38. The molecule has 0 radical (unpaired) electrons. The van der Waals surface area contributed by atoms with E-state index in [0.29, 0.717) is 12.5 Å². The van der Waals surface area contributed by atoms with Gasteiger partial charge in [0.25, 0.3) is 0 Å². The van der Waals surface area contributed by atoms with Crippen molar-refractivity contribution in [3.63, 3.8) is 0 Å². The van der Waals surface area contributed by atoms with E-state index in [-0.39, 0.29) is 11.7 Å². The molecule has 1 saturated carbocycles. The summed E-state index contributed by atoms with van der Waals surface area (Å²) >= 11 is 0. The number of hydrogen-bond donors (Lipinski definition) is 1. The van der Waals surface area contributed by atoms with E-state index >= 15 is 0 Å². The van der Waals surface area contributed by atoms with Crippen LogP contribution in [0.1, 0.15) is 46.5 Å². The highest BCUT2D eigenvalue weighted by molar-refractivity contribution is 4.91. The molecule has 2 heteroatoms. The molecule has 78 valence electrons. The monoisotopic (exact) mass is 186 g/mol. The molecule has 1 fully saturated rings. The minimum Gasteiger partial charge on any atom is -0.390 e. The van der Waals surface area contributed by atoms with Crippen molar-refractivity contribution in [2.24, 2.45) is 5.92 Å². The highest BCUT2D eigenvalue weighted by Crippen LogP contribution is 2.37. The zero-order valence-electron chi connectivity index (χ0n) is 9.05. The average molecular weight is 186 g/mol. The van der Waals surface area contributed by atoms with Crippen molar-refractivity contribution < 1.29 is 9.84 Å². The summed E-state index contributed by atoms with van der Waals surface area (Å²) in [5, 5.41) is 9.75. The van der Waals surface area contributed by atoms with E-state index in [2.05, 4.69) is 6.92 Å². The van der Waals surface area contributed by atoms with Gasteiger partial charge in [-0.05, 0) is 32.6 Å². The maximum Gasteiger partial charge on any atom is 0.0939 e. The van der Waals surface area contributed by atoms with E-state index < -0.39 is 0 Å². The molecule has 0 bridgehead atoms. The number of hydrogen-bond acceptors (Lipinski definition) is 2. The zero-order valence-corrected chi connectivity index (χ0v) is 9.05. The third kappa shape index (κ3) is 2.44. The third-order valence-electron chi connectivity index (χ3n) is 3.18. The summed E-state index contributed by atoms with van der Waals surface area (Å²) < 4.78 is 5.75. The van der Waals surface area contributed by atoms with Gasteiger partial charge in [0.15, 0.2) is 0 Å². The molecule has 0 aromatic rings. The Labute approximate surface area is 81.3 Å². The molecular weight excluding hydrogens is 164 g/mol. The lowest BCUT2D eigenvalue weighted by Crippen LogP contribution is -2.46. The summed E-state index contributed by atoms with van der Waals surface area (Å²) in [7, 11) is 0. The molecule has 0 heterocycles. The molecule has 1 N–H and O–H groups in total. The summed E-state index contributed by atoms with van der Waals surface area (Å²) in [4.78, 5) is 0. The van der Waals surface area contributed by atoms with Gasteiger partial charge in [-0.1, -0.05) is 19.8 Å². The van der Waals surface area contributed by atoms with Crippen LogP contribution in [0.4, 0.5) is 0 Å². The standard InChI is InChI=1S/C11H22O2/c1-4-13-11(10(3)12)7-5-6-9(2)8-11/h9-10,12H,4-8H2,1-3H3. The van der Waals surface area contributed by atoms with Gasteiger partial charge in [-0.25, -0.2) is 0 Å². The molecule has 0 amide bonds. The van der Waals surface area contributed by atoms with E-state index in [1.54, 1.807) is 0 Å². The summed E-state index contributed by atoms with van der Waals surface area (Å²) in [6.45, 7) is 6.81. The summed E-state index contributed by atoms with van der Waals surface area (Å²) in [5.41, 5.74) is -0.244. The number of ether oxygens (including phenoxy) is 1. The fourth-order valence-corrected chi connectivity index (χ4v) is 2.46. The summed E-state index contributed by atoms with van der Waals surface area (Å²) in [6.07, 6.45) is 4.16. The first-order valence-electron chi connectivity index (χ1n) is 5.43. The maximum atomic E-state index is 9.75. The Hall–Kier alpha value is -0.0800. The van der Waals surface area contributed by atoms with Gasteiger partial charge in [0.2, 0.25) is 0 Å². The molecule has 3 atom stereocenters. The fourth-order valence-electron chi connectivity index (χ4n) is 2.46. The number of aliphatic hydroxyl groups is 1. The lowest BCUT2D eigenvalue weighted by atomic mass is 9.76. The first kappa shape index (κ1) is 11.0. The topological polar surface area (TPSA) is 29.5 Å². The van der Waals surface area contributed by atoms with Gasteiger partial charge in [0, 0.05) is 6.61 Å². The molecule has 0 saturated heterocycles. The molecule has 0 aromatic carbocycles. The Morgan fingerprint density at radius 3 is 2.77 bits per heavy atom. The highest BCUT2D eigenvalue weighted by atomic mass is 16.5. The average Bonchev–Trinajstić information content (AvgIpc) is 2.04. The summed E-state index contributed by atoms with van der Waals surface area (Å²) in [6, 6.07) is 0. The zero-order chi connectivity index (χ0) is 9.90. The molecule has 1 aliphatic rings. The van der Waals surface area contributed by atoms with Gasteiger partial charge < -0.3 is 9.84 Å². The van der Waals surface area contributed by atoms with Gasteiger partial charge in [0.1, 0.15) is 0 Å². The quantitative estimate of drug-likeness (QED) is 0.733. The Balaban J connectivity index is 2.64. The molecule has 1 rings (SSSR count). The van der Waals surface area contributed by atoms with Crippen molar-refractivity contribution >= 4 is 0 Å². The SMILES string of the molecule is CCOC1(C(C)O)CCCC(C)C1. The number of aliphatic hydroxyl groups excluding tert-OH is 1. The van der Waals surface area contributed by atoms with Crippen LogP contribution in [-0.2, 0) is 4.74 Å². The van der Waals surface area contributed by atoms with Crippen LogP contribution in [0.3, 0.4) is 0 Å². The van der Waals surface area contributed by atoms with Crippen LogP contribution in [0.25, 0.3) is 0 Å². The van der Waals surface area contributed by atoms with Crippen LogP contribution in [0.15, 0.2) is 0 Å². The second-order valence-electron chi connectivity index (χ2n) is 4.38. The Morgan fingerprint density at radius 2 is 2.31 bits per heavy atom. The molecule has 0 spiro atoms. The minimum atomic E-state index is -0.338. The van der Waals surface area contributed by atoms with Gasteiger partial charge >= 0.3 is 0 Å². The Kier molecular flexibility index (Phi) is 3.74. The molecule has 13 heavy (non-hydrogen) atoms. The predicted octanol–water partition coefficient (Wildman–Crippen LogP) is 2.35. The van der Waals surface area contributed by atoms with Crippen LogP contribution in [0, 0.1) is 5.92 Å². The first-order chi connectivity index (χ1) is 6.10. The second kappa shape index (κ2) is 4.43. The normalized spacial score (nSPS) is 37.4. The van der Waals surface area contributed by atoms with E-state index in [1.807, 2.05) is 13.8 Å². The van der Waals surface area contributed by atoms with Crippen molar-refractivity contribution in [2.45, 2.75) is 58.2 Å². The van der Waals surface area contributed by atoms with E-state index in [4.69, 9.17) is 4.74 Å². The van der Waals surface area contributed by atoms with Crippen molar-refractivity contribution in [3.05, 3.63) is 0 Å². The molecular formula is C11H22O2. The minimum absolute atomic E-state index is 0.244. The smallest absolute Gasteiger partial charge is 0.0939 e. The van der Waals surface area contributed by atoms with Gasteiger partial charge in [-0.2, -0.15) is 0 Å². The van der Waals surface area contributed by atoms with Gasteiger partial charge in [0.05, 0.1) is 11.7 Å². The van der Waals surface area contributed by atoms with Gasteiger partial charge in [-0.15, -0.1) is 0 Å². The van der Waals surface area contributed by atoms with E-state index in [1.165, 1.54) is 12.8 Å². The Morgan fingerprint density at radius 1 is 1.62 bits per heavy atom. The lowest BCUT2D eigenvalue weighted by Gasteiger charge is -2.41. The van der Waals surface area contributed by atoms with Crippen molar-refractivity contribution in [1.29, 1.82) is 0 Å². The maximum absolute atomic E-state index is 9.75. The molecule has 0 aromatic heterocycles. The third-order valence-corrected chi connectivity index (χ3v) is 3.18. The van der Waals surface area contributed by atoms with Crippen LogP contribution < -0.4 is 0 Å². The largest absolute Gasteiger partial charge is 0.390 e. The fraction of sp³-hybridized carbons (Fsp3) is 1.00.